The van der Waals surface area contributed by atoms with Gasteiger partial charge in [0.2, 0.25) is 0 Å². The van der Waals surface area contributed by atoms with Crippen molar-refractivity contribution >= 4 is 37.3 Å². The van der Waals surface area contributed by atoms with E-state index in [0.717, 1.165) is 0 Å². The van der Waals surface area contributed by atoms with Gasteiger partial charge in [-0.2, -0.15) is 12.6 Å². The molecule has 0 aliphatic carbocycles. The van der Waals surface area contributed by atoms with Gasteiger partial charge in [0.1, 0.15) is 0 Å². The van der Waals surface area contributed by atoms with E-state index in [1.165, 1.54) is 6.92 Å². The van der Waals surface area contributed by atoms with E-state index in [4.69, 9.17) is 5.73 Å². The molecule has 0 radical (unpaired) electrons. The summed E-state index contributed by atoms with van der Waals surface area (Å²) in [6.07, 6.45) is 0. The highest BCUT2D eigenvalue weighted by Gasteiger charge is 2.39. The van der Waals surface area contributed by atoms with E-state index in [0.29, 0.717) is 0 Å². The topological polar surface area (TPSA) is 69.4 Å². The molecular weight excluding hydrogens is 186 g/mol. The van der Waals surface area contributed by atoms with Gasteiger partial charge in [-0.1, -0.05) is 0 Å². The van der Waals surface area contributed by atoms with Crippen LogP contribution >= 0.6 is 25.5 Å². The van der Waals surface area contributed by atoms with Crippen molar-refractivity contribution in [1.82, 2.24) is 0 Å². The predicted octanol–water partition coefficient (Wildman–Crippen LogP) is -0.409. The maximum absolute atomic E-state index is 10.8. The van der Waals surface area contributed by atoms with Gasteiger partial charge in [0.25, 0.3) is 0 Å². The lowest BCUT2D eigenvalue weighted by molar-refractivity contribution is -0.142. The van der Waals surface area contributed by atoms with E-state index in [2.05, 4.69) is 29.7 Å². The third kappa shape index (κ3) is 2.11. The molecule has 0 aromatic rings. The van der Waals surface area contributed by atoms with Crippen molar-refractivity contribution < 1.29 is 13.8 Å². The third-order valence-electron chi connectivity index (χ3n) is 1.32. The number of hydrogen-bond donors (Lipinski definition) is 3. The van der Waals surface area contributed by atoms with Crippen LogP contribution in [0, 0.1) is 0 Å². The van der Waals surface area contributed by atoms with Crippen molar-refractivity contribution in [2.24, 2.45) is 5.73 Å². The Morgan fingerprint density at radius 3 is 2.18 bits per heavy atom. The Bertz CT molecular complexity index is 185. The van der Waals surface area contributed by atoms with Crippen LogP contribution in [0.4, 0.5) is 0 Å². The van der Waals surface area contributed by atoms with Gasteiger partial charge in [0, 0.05) is 18.7 Å². The highest BCUT2D eigenvalue weighted by molar-refractivity contribution is 7.80. The number of rotatable bonds is 3. The van der Waals surface area contributed by atoms with Gasteiger partial charge in [-0.05, 0) is 6.92 Å². The first-order valence-corrected chi connectivity index (χ1v) is 3.75. The number of Topliss-reactive ketones (excluding diaryl/α,β-unsaturated/α-hetero) is 1. The highest BCUT2D eigenvalue weighted by atomic mass is 32.1. The molecule has 64 valence electrons. The minimum atomic E-state index is -1.66. The van der Waals surface area contributed by atoms with Crippen LogP contribution in [0.15, 0.2) is 0 Å². The Hall–Kier alpha value is -0.200. The molecule has 0 heterocycles. The molecule has 0 saturated heterocycles. The standard InChI is InChI=1S/C5H9NO3S2/c1-3(7)5(6,2-10)4(8)9-11/h10-11H,2,6H2,1H3. The monoisotopic (exact) mass is 195 g/mol. The van der Waals surface area contributed by atoms with Crippen LogP contribution in [0.3, 0.4) is 0 Å². The van der Waals surface area contributed by atoms with Crippen LogP contribution in [0.1, 0.15) is 6.92 Å². The molecule has 0 bridgehead atoms. The van der Waals surface area contributed by atoms with Crippen LogP contribution in [0.5, 0.6) is 0 Å². The quantitative estimate of drug-likeness (QED) is 0.325. The van der Waals surface area contributed by atoms with E-state index in [1.54, 1.807) is 0 Å². The minimum Gasteiger partial charge on any atom is -0.393 e. The highest BCUT2D eigenvalue weighted by Crippen LogP contribution is 2.08. The van der Waals surface area contributed by atoms with Crippen molar-refractivity contribution in [1.29, 1.82) is 0 Å². The molecule has 0 aliphatic heterocycles. The summed E-state index contributed by atoms with van der Waals surface area (Å²) in [5.74, 6) is -1.48. The van der Waals surface area contributed by atoms with E-state index < -0.39 is 17.3 Å². The minimum absolute atomic E-state index is 0.0955. The summed E-state index contributed by atoms with van der Waals surface area (Å²) < 4.78 is 4.03. The van der Waals surface area contributed by atoms with E-state index in [9.17, 15) is 9.59 Å². The molecule has 0 rings (SSSR count). The summed E-state index contributed by atoms with van der Waals surface area (Å²) in [6, 6.07) is 0. The summed E-state index contributed by atoms with van der Waals surface area (Å²) >= 11 is 7.00. The Balaban J connectivity index is 4.59. The fraction of sp³-hybridized carbons (Fsp3) is 0.600. The number of thiol groups is 2. The lowest BCUT2D eigenvalue weighted by Gasteiger charge is -2.19. The second-order valence-corrected chi connectivity index (χ2v) is 2.56. The Labute approximate surface area is 75.5 Å². The fourth-order valence-corrected chi connectivity index (χ4v) is 0.916. The van der Waals surface area contributed by atoms with Gasteiger partial charge in [-0.25, -0.2) is 4.79 Å². The summed E-state index contributed by atoms with van der Waals surface area (Å²) in [5, 5.41) is 0. The summed E-state index contributed by atoms with van der Waals surface area (Å²) in [7, 11) is 0. The van der Waals surface area contributed by atoms with Crippen molar-refractivity contribution in [3.63, 3.8) is 0 Å². The largest absolute Gasteiger partial charge is 0.393 e. The molecule has 0 aromatic carbocycles. The molecular formula is C5H9NO3S2. The number of nitrogens with two attached hydrogens (primary N) is 1. The first kappa shape index (κ1) is 10.8. The summed E-state index contributed by atoms with van der Waals surface area (Å²) in [4.78, 5) is 21.6. The zero-order chi connectivity index (χ0) is 9.07. The van der Waals surface area contributed by atoms with Crippen LogP contribution in [-0.2, 0) is 13.8 Å². The SMILES string of the molecule is CC(=O)C(N)(CS)C(=O)OS. The zero-order valence-corrected chi connectivity index (χ0v) is 7.69. The lowest BCUT2D eigenvalue weighted by Crippen LogP contribution is -2.55. The predicted molar refractivity (Wildman–Crippen MR) is 46.5 cm³/mol. The molecule has 11 heavy (non-hydrogen) atoms. The number of carbonyl (C=O) groups is 2. The van der Waals surface area contributed by atoms with E-state index in [1.807, 2.05) is 0 Å². The molecule has 6 heteroatoms. The average molecular weight is 195 g/mol. The maximum atomic E-state index is 10.8. The number of hydrogen-bond acceptors (Lipinski definition) is 6. The third-order valence-corrected chi connectivity index (χ3v) is 1.99. The van der Waals surface area contributed by atoms with Gasteiger partial charge in [-0.15, -0.1) is 0 Å². The van der Waals surface area contributed by atoms with Gasteiger partial charge in [0.05, 0.1) is 0 Å². The molecule has 0 saturated carbocycles. The summed E-state index contributed by atoms with van der Waals surface area (Å²) in [6.45, 7) is 1.20. The first-order valence-electron chi connectivity index (χ1n) is 2.75. The normalized spacial score (nSPS) is 15.3. The first-order chi connectivity index (χ1) is 4.99. The van der Waals surface area contributed by atoms with Gasteiger partial charge in [0.15, 0.2) is 11.3 Å². The van der Waals surface area contributed by atoms with Gasteiger partial charge < -0.3 is 9.92 Å². The van der Waals surface area contributed by atoms with Crippen molar-refractivity contribution in [3.05, 3.63) is 0 Å². The molecule has 1 atom stereocenters. The molecule has 0 aliphatic rings. The smallest absolute Gasteiger partial charge is 0.346 e. The lowest BCUT2D eigenvalue weighted by atomic mass is 9.99. The Morgan fingerprint density at radius 2 is 2.09 bits per heavy atom. The van der Waals surface area contributed by atoms with Crippen LogP contribution < -0.4 is 5.73 Å². The van der Waals surface area contributed by atoms with E-state index in [-0.39, 0.29) is 5.75 Å². The zero-order valence-electron chi connectivity index (χ0n) is 5.90. The molecule has 0 aromatic heterocycles. The Kier molecular flexibility index (Phi) is 3.91. The van der Waals surface area contributed by atoms with Gasteiger partial charge >= 0.3 is 5.97 Å². The molecule has 1 unspecified atom stereocenters. The van der Waals surface area contributed by atoms with Gasteiger partial charge in [-0.3, -0.25) is 4.79 Å². The second-order valence-electron chi connectivity index (χ2n) is 2.06. The van der Waals surface area contributed by atoms with Crippen molar-refractivity contribution in [2.45, 2.75) is 12.5 Å². The fourth-order valence-electron chi connectivity index (χ4n) is 0.401. The number of ketones is 1. The second kappa shape index (κ2) is 3.99. The van der Waals surface area contributed by atoms with Crippen LogP contribution in [-0.4, -0.2) is 23.0 Å². The Morgan fingerprint density at radius 1 is 1.64 bits per heavy atom. The molecule has 0 spiro atoms. The van der Waals surface area contributed by atoms with E-state index >= 15 is 0 Å². The summed E-state index contributed by atoms with van der Waals surface area (Å²) in [5.41, 5.74) is 3.68. The molecule has 2 N–H and O–H groups in total. The average Bonchev–Trinajstić information content (AvgIpc) is 2.01. The molecule has 0 fully saturated rings. The maximum Gasteiger partial charge on any atom is 0.346 e. The van der Waals surface area contributed by atoms with Crippen molar-refractivity contribution in [3.8, 4) is 0 Å². The van der Waals surface area contributed by atoms with Crippen LogP contribution in [0.25, 0.3) is 0 Å². The molecule has 0 amide bonds. The molecule has 4 nitrogen and oxygen atoms in total. The van der Waals surface area contributed by atoms with Crippen molar-refractivity contribution in [2.75, 3.05) is 5.75 Å². The van der Waals surface area contributed by atoms with Crippen LogP contribution in [0.2, 0.25) is 0 Å². The number of carbonyl (C=O) groups excluding carboxylic acids is 2.